The number of carbonyl (C=O) groups is 2. The van der Waals surface area contributed by atoms with E-state index in [9.17, 15) is 22.8 Å². The van der Waals surface area contributed by atoms with Crippen LogP contribution in [0.25, 0.3) is 0 Å². The van der Waals surface area contributed by atoms with Crippen LogP contribution in [0.3, 0.4) is 0 Å². The van der Waals surface area contributed by atoms with E-state index in [2.05, 4.69) is 15.4 Å². The molecule has 3 N–H and O–H groups in total. The summed E-state index contributed by atoms with van der Waals surface area (Å²) in [6, 6.07) is 1.62. The maximum Gasteiger partial charge on any atom is 0.416 e. The van der Waals surface area contributed by atoms with E-state index in [0.29, 0.717) is 0 Å². The molecule has 1 rings (SSSR count). The Bertz CT molecular complexity index is 502. The number of carboxylic acids is 1. The van der Waals surface area contributed by atoms with Gasteiger partial charge in [0.05, 0.1) is 12.2 Å². The molecule has 0 aliphatic carbocycles. The van der Waals surface area contributed by atoms with Gasteiger partial charge in [0.15, 0.2) is 6.04 Å². The van der Waals surface area contributed by atoms with Crippen LogP contribution in [-0.4, -0.2) is 36.9 Å². The molecule has 2 amide bonds. The molecule has 0 bridgehead atoms. The van der Waals surface area contributed by atoms with Crippen LogP contribution in [0.2, 0.25) is 0 Å². The summed E-state index contributed by atoms with van der Waals surface area (Å²) < 4.78 is 41.7. The lowest BCUT2D eigenvalue weighted by molar-refractivity contribution is -0.140. The molecule has 0 fully saturated rings. The number of carbonyl (C=O) groups excluding carboxylic acids is 1. The molecular weight excluding hydrogens is 293 g/mol. The van der Waals surface area contributed by atoms with Crippen LogP contribution >= 0.6 is 0 Å². The number of halogens is 3. The Kier molecular flexibility index (Phi) is 5.53. The number of methoxy groups -OCH3 is 1. The number of benzene rings is 1. The van der Waals surface area contributed by atoms with Crippen molar-refractivity contribution in [2.24, 2.45) is 0 Å². The maximum absolute atomic E-state index is 12.3. The fraction of sp³-hybridized carbons (Fsp3) is 0.333. The van der Waals surface area contributed by atoms with E-state index in [0.717, 1.165) is 24.3 Å². The van der Waals surface area contributed by atoms with Gasteiger partial charge in [-0.05, 0) is 24.3 Å². The number of nitrogens with one attached hydrogen (secondary N) is 2. The van der Waals surface area contributed by atoms with Crippen LogP contribution in [0.4, 0.5) is 23.7 Å². The zero-order valence-electron chi connectivity index (χ0n) is 10.9. The second-order valence-corrected chi connectivity index (χ2v) is 4.02. The first kappa shape index (κ1) is 16.8. The van der Waals surface area contributed by atoms with Gasteiger partial charge in [-0.2, -0.15) is 13.2 Å². The molecular formula is C12H13F3N2O4. The average Bonchev–Trinajstić information content (AvgIpc) is 2.37. The van der Waals surface area contributed by atoms with Gasteiger partial charge in [-0.1, -0.05) is 0 Å². The molecule has 1 atom stereocenters. The Labute approximate surface area is 117 Å². The predicted octanol–water partition coefficient (Wildman–Crippen LogP) is 1.93. The van der Waals surface area contributed by atoms with Gasteiger partial charge >= 0.3 is 18.2 Å². The molecule has 0 aromatic heterocycles. The van der Waals surface area contributed by atoms with E-state index in [-0.39, 0.29) is 12.3 Å². The molecule has 1 aromatic carbocycles. The average molecular weight is 306 g/mol. The monoisotopic (exact) mass is 306 g/mol. The lowest BCUT2D eigenvalue weighted by Gasteiger charge is -2.14. The number of hydrogen-bond donors (Lipinski definition) is 3. The zero-order valence-corrected chi connectivity index (χ0v) is 10.9. The molecule has 0 aliphatic heterocycles. The maximum atomic E-state index is 12.3. The Hall–Kier alpha value is -2.29. The summed E-state index contributed by atoms with van der Waals surface area (Å²) in [6.45, 7) is -0.240. The number of hydrogen-bond acceptors (Lipinski definition) is 3. The molecule has 21 heavy (non-hydrogen) atoms. The summed E-state index contributed by atoms with van der Waals surface area (Å²) in [7, 11) is 1.27. The fourth-order valence-corrected chi connectivity index (χ4v) is 1.41. The zero-order chi connectivity index (χ0) is 16.0. The van der Waals surface area contributed by atoms with Crippen molar-refractivity contribution in [1.29, 1.82) is 0 Å². The van der Waals surface area contributed by atoms with Crippen molar-refractivity contribution in [3.8, 4) is 0 Å². The quantitative estimate of drug-likeness (QED) is 0.775. The Morgan fingerprint density at radius 1 is 1.29 bits per heavy atom. The predicted molar refractivity (Wildman–Crippen MR) is 66.9 cm³/mol. The minimum absolute atomic E-state index is 0.0991. The van der Waals surface area contributed by atoms with Crippen LogP contribution in [-0.2, 0) is 15.7 Å². The third kappa shape index (κ3) is 5.30. The topological polar surface area (TPSA) is 87.7 Å². The van der Waals surface area contributed by atoms with E-state index < -0.39 is 29.8 Å². The largest absolute Gasteiger partial charge is 0.480 e. The molecule has 0 heterocycles. The van der Waals surface area contributed by atoms with Crippen molar-refractivity contribution in [3.05, 3.63) is 29.8 Å². The van der Waals surface area contributed by atoms with Crippen molar-refractivity contribution in [3.63, 3.8) is 0 Å². The first-order valence-corrected chi connectivity index (χ1v) is 5.70. The lowest BCUT2D eigenvalue weighted by atomic mass is 10.2. The minimum Gasteiger partial charge on any atom is -0.480 e. The first-order valence-electron chi connectivity index (χ1n) is 5.70. The molecule has 1 aromatic rings. The molecule has 0 spiro atoms. The van der Waals surface area contributed by atoms with E-state index >= 15 is 0 Å². The number of amides is 2. The third-order valence-electron chi connectivity index (χ3n) is 2.41. The van der Waals surface area contributed by atoms with Gasteiger partial charge in [-0.15, -0.1) is 0 Å². The minimum atomic E-state index is -4.46. The summed E-state index contributed by atoms with van der Waals surface area (Å²) in [5, 5.41) is 13.1. The molecule has 1 unspecified atom stereocenters. The molecule has 0 aliphatic rings. The van der Waals surface area contributed by atoms with Gasteiger partial charge in [-0.25, -0.2) is 9.59 Å². The van der Waals surface area contributed by atoms with Gasteiger partial charge in [-0.3, -0.25) is 0 Å². The van der Waals surface area contributed by atoms with Crippen molar-refractivity contribution < 1.29 is 32.6 Å². The van der Waals surface area contributed by atoms with Crippen LogP contribution in [0.15, 0.2) is 24.3 Å². The smallest absolute Gasteiger partial charge is 0.416 e. The Morgan fingerprint density at radius 2 is 1.86 bits per heavy atom. The summed E-state index contributed by atoms with van der Waals surface area (Å²) in [5.74, 6) is -1.29. The number of ether oxygens (including phenoxy) is 1. The van der Waals surface area contributed by atoms with Gasteiger partial charge < -0.3 is 20.5 Å². The van der Waals surface area contributed by atoms with Crippen molar-refractivity contribution >= 4 is 17.7 Å². The van der Waals surface area contributed by atoms with Crippen molar-refractivity contribution in [2.45, 2.75) is 12.2 Å². The van der Waals surface area contributed by atoms with Crippen molar-refractivity contribution in [1.82, 2.24) is 5.32 Å². The molecule has 9 heteroatoms. The molecule has 0 radical (unpaired) electrons. The molecule has 0 saturated carbocycles. The number of aliphatic carboxylic acids is 1. The van der Waals surface area contributed by atoms with E-state index in [1.807, 2.05) is 0 Å². The van der Waals surface area contributed by atoms with E-state index in [4.69, 9.17) is 5.11 Å². The summed E-state index contributed by atoms with van der Waals surface area (Å²) in [5.41, 5.74) is -0.752. The Morgan fingerprint density at radius 3 is 2.29 bits per heavy atom. The van der Waals surface area contributed by atoms with Gasteiger partial charge in [0.1, 0.15) is 0 Å². The highest BCUT2D eigenvalue weighted by Gasteiger charge is 2.30. The number of urea groups is 1. The van der Waals surface area contributed by atoms with E-state index in [1.165, 1.54) is 7.11 Å². The lowest BCUT2D eigenvalue weighted by Crippen LogP contribution is -2.45. The highest BCUT2D eigenvalue weighted by Crippen LogP contribution is 2.29. The normalized spacial score (nSPS) is 12.6. The highest BCUT2D eigenvalue weighted by molar-refractivity contribution is 5.92. The summed E-state index contributed by atoms with van der Waals surface area (Å²) >= 11 is 0. The first-order chi connectivity index (χ1) is 9.74. The summed E-state index contributed by atoms with van der Waals surface area (Å²) in [6.07, 6.45) is -4.46. The van der Waals surface area contributed by atoms with E-state index in [1.54, 1.807) is 0 Å². The van der Waals surface area contributed by atoms with Crippen LogP contribution in [0, 0.1) is 0 Å². The number of anilines is 1. The molecule has 0 saturated heterocycles. The van der Waals surface area contributed by atoms with Crippen molar-refractivity contribution in [2.75, 3.05) is 19.0 Å². The number of carboxylic acid groups (broad SMARTS) is 1. The van der Waals surface area contributed by atoms with Gasteiger partial charge in [0.25, 0.3) is 0 Å². The highest BCUT2D eigenvalue weighted by atomic mass is 19.4. The summed E-state index contributed by atoms with van der Waals surface area (Å²) in [4.78, 5) is 22.3. The second kappa shape index (κ2) is 6.93. The fourth-order valence-electron chi connectivity index (χ4n) is 1.41. The standard InChI is InChI=1S/C12H13F3N2O4/c1-21-6-9(10(18)19)17-11(20)16-8-4-2-7(3-5-8)12(13,14)15/h2-5,9H,6H2,1H3,(H,18,19)(H2,16,17,20). The second-order valence-electron chi connectivity index (χ2n) is 4.02. The van der Waals surface area contributed by atoms with Crippen LogP contribution in [0.1, 0.15) is 5.56 Å². The number of rotatable bonds is 5. The molecule has 6 nitrogen and oxygen atoms in total. The Balaban J connectivity index is 2.64. The number of alkyl halides is 3. The SMILES string of the molecule is COCC(NC(=O)Nc1ccc(C(F)(F)F)cc1)C(=O)O. The van der Waals surface area contributed by atoms with Crippen LogP contribution in [0.5, 0.6) is 0 Å². The van der Waals surface area contributed by atoms with Gasteiger partial charge in [0.2, 0.25) is 0 Å². The van der Waals surface area contributed by atoms with Gasteiger partial charge in [0, 0.05) is 12.8 Å². The third-order valence-corrected chi connectivity index (χ3v) is 2.41. The molecule has 116 valence electrons. The van der Waals surface area contributed by atoms with Crippen LogP contribution < -0.4 is 10.6 Å².